The van der Waals surface area contributed by atoms with Crippen molar-refractivity contribution >= 4 is 0 Å². The zero-order valence-electron chi connectivity index (χ0n) is 8.87. The fourth-order valence-electron chi connectivity index (χ4n) is 0.968. The Bertz CT molecular complexity index is 204. The molecule has 0 rings (SSSR count). The summed E-state index contributed by atoms with van der Waals surface area (Å²) in [5.41, 5.74) is 0. The van der Waals surface area contributed by atoms with E-state index < -0.39 is 0 Å². The highest BCUT2D eigenvalue weighted by Gasteiger charge is 1.97. The Kier molecular flexibility index (Phi) is 8.91. The molecule has 0 aromatic heterocycles. The molecule has 0 heterocycles. The summed E-state index contributed by atoms with van der Waals surface area (Å²) in [5, 5.41) is 6.35. The fourth-order valence-corrected chi connectivity index (χ4v) is 0.968. The Hall–Kier alpha value is -1.28. The molecule has 0 radical (unpaired) electrons. The summed E-state index contributed by atoms with van der Waals surface area (Å²) < 4.78 is 0. The molecule has 0 amide bonds. The van der Waals surface area contributed by atoms with Crippen molar-refractivity contribution in [3.63, 3.8) is 0 Å². The van der Waals surface area contributed by atoms with Gasteiger partial charge in [-0.05, 0) is 25.7 Å². The quantitative estimate of drug-likeness (QED) is 0.577. The minimum absolute atomic E-state index is 0.322. The molecule has 2 N–H and O–H groups in total. The monoisotopic (exact) mass is 192 g/mol. The van der Waals surface area contributed by atoms with Gasteiger partial charge >= 0.3 is 0 Å². The molecule has 0 aromatic rings. The summed E-state index contributed by atoms with van der Waals surface area (Å²) in [4.78, 5) is 0. The summed E-state index contributed by atoms with van der Waals surface area (Å²) in [6.07, 6.45) is 12.5. The van der Waals surface area contributed by atoms with E-state index in [0.717, 1.165) is 13.0 Å². The Balaban J connectivity index is 3.86. The third kappa shape index (κ3) is 7.37. The Labute approximate surface area is 87.1 Å². The highest BCUT2D eigenvalue weighted by molar-refractivity contribution is 4.98. The minimum Gasteiger partial charge on any atom is -0.368 e. The maximum Gasteiger partial charge on any atom is 0.0304 e. The van der Waals surface area contributed by atoms with Crippen LogP contribution >= 0.6 is 0 Å². The highest BCUT2D eigenvalue weighted by atomic mass is 14.9. The van der Waals surface area contributed by atoms with Crippen molar-refractivity contribution in [2.75, 3.05) is 6.54 Å². The van der Waals surface area contributed by atoms with Crippen LogP contribution in [-0.4, -0.2) is 12.6 Å². The predicted octanol–water partition coefficient (Wildman–Crippen LogP) is 2.34. The van der Waals surface area contributed by atoms with Crippen molar-refractivity contribution in [2.45, 2.75) is 19.4 Å². The zero-order valence-corrected chi connectivity index (χ0v) is 8.87. The van der Waals surface area contributed by atoms with Crippen LogP contribution in [0.3, 0.4) is 0 Å². The molecule has 0 aliphatic heterocycles. The second-order valence-corrected chi connectivity index (χ2v) is 2.85. The molecule has 14 heavy (non-hydrogen) atoms. The summed E-state index contributed by atoms with van der Waals surface area (Å²) in [5.74, 6) is 0. The van der Waals surface area contributed by atoms with Crippen molar-refractivity contribution in [2.24, 2.45) is 0 Å². The van der Waals surface area contributed by atoms with Crippen LogP contribution in [0.2, 0.25) is 0 Å². The van der Waals surface area contributed by atoms with Gasteiger partial charge in [-0.1, -0.05) is 24.3 Å². The van der Waals surface area contributed by atoms with Gasteiger partial charge in [0.25, 0.3) is 0 Å². The van der Waals surface area contributed by atoms with Crippen LogP contribution < -0.4 is 10.6 Å². The van der Waals surface area contributed by atoms with Gasteiger partial charge in [0.1, 0.15) is 0 Å². The predicted molar refractivity (Wildman–Crippen MR) is 63.9 cm³/mol. The third-order valence-corrected chi connectivity index (χ3v) is 1.63. The highest BCUT2D eigenvalue weighted by Crippen LogP contribution is 1.94. The number of allylic oxidation sites excluding steroid dienone is 1. The van der Waals surface area contributed by atoms with E-state index in [-0.39, 0.29) is 0 Å². The van der Waals surface area contributed by atoms with E-state index in [2.05, 4.69) is 29.9 Å². The SMILES string of the molecule is C=CCNC(/C=C/N/C=C/C)CC=C. The summed E-state index contributed by atoms with van der Waals surface area (Å²) in [7, 11) is 0. The molecule has 2 heteroatoms. The van der Waals surface area contributed by atoms with E-state index in [0.29, 0.717) is 6.04 Å². The van der Waals surface area contributed by atoms with Crippen LogP contribution in [-0.2, 0) is 0 Å². The molecule has 1 atom stereocenters. The first-order chi connectivity index (χ1) is 6.85. The van der Waals surface area contributed by atoms with Gasteiger partial charge in [0.15, 0.2) is 0 Å². The lowest BCUT2D eigenvalue weighted by atomic mass is 10.2. The molecule has 1 unspecified atom stereocenters. The van der Waals surface area contributed by atoms with Crippen molar-refractivity contribution in [3.8, 4) is 0 Å². The Morgan fingerprint density at radius 3 is 2.57 bits per heavy atom. The van der Waals surface area contributed by atoms with Gasteiger partial charge in [0, 0.05) is 12.6 Å². The largest absolute Gasteiger partial charge is 0.368 e. The molecule has 0 bridgehead atoms. The summed E-state index contributed by atoms with van der Waals surface area (Å²) in [6, 6.07) is 0.322. The number of nitrogens with one attached hydrogen (secondary N) is 2. The van der Waals surface area contributed by atoms with Crippen molar-refractivity contribution in [3.05, 3.63) is 49.9 Å². The first-order valence-electron chi connectivity index (χ1n) is 4.84. The van der Waals surface area contributed by atoms with Gasteiger partial charge in [-0.3, -0.25) is 0 Å². The van der Waals surface area contributed by atoms with E-state index >= 15 is 0 Å². The van der Waals surface area contributed by atoms with Gasteiger partial charge in [-0.15, -0.1) is 13.2 Å². The van der Waals surface area contributed by atoms with Gasteiger partial charge in [0.05, 0.1) is 0 Å². The van der Waals surface area contributed by atoms with E-state index in [4.69, 9.17) is 0 Å². The number of hydrogen-bond acceptors (Lipinski definition) is 2. The zero-order chi connectivity index (χ0) is 10.6. The van der Waals surface area contributed by atoms with Crippen LogP contribution in [0.5, 0.6) is 0 Å². The van der Waals surface area contributed by atoms with Crippen LogP contribution in [0.25, 0.3) is 0 Å². The molecule has 0 aromatic carbocycles. The van der Waals surface area contributed by atoms with Gasteiger partial charge in [-0.25, -0.2) is 0 Å². The van der Waals surface area contributed by atoms with E-state index in [9.17, 15) is 0 Å². The topological polar surface area (TPSA) is 24.1 Å². The average molecular weight is 192 g/mol. The lowest BCUT2D eigenvalue weighted by Crippen LogP contribution is -2.26. The smallest absolute Gasteiger partial charge is 0.0304 e. The standard InChI is InChI=1S/C12H20N2/c1-4-7-12(14-10-6-3)8-11-13-9-5-2/h4-6,8-9,11-14H,1,3,7,10H2,2H3/b9-5+,11-8+. The average Bonchev–Trinajstić information content (AvgIpc) is 2.20. The molecule has 78 valence electrons. The third-order valence-electron chi connectivity index (χ3n) is 1.63. The molecule has 0 aliphatic carbocycles. The fraction of sp³-hybridized carbons (Fsp3) is 0.333. The normalized spacial score (nSPS) is 13.2. The molecule has 0 saturated carbocycles. The van der Waals surface area contributed by atoms with Gasteiger partial charge in [-0.2, -0.15) is 0 Å². The second kappa shape index (κ2) is 9.81. The molecule has 2 nitrogen and oxygen atoms in total. The van der Waals surface area contributed by atoms with Crippen LogP contribution in [0.4, 0.5) is 0 Å². The van der Waals surface area contributed by atoms with Crippen LogP contribution in [0.15, 0.2) is 49.9 Å². The van der Waals surface area contributed by atoms with Gasteiger partial charge in [0.2, 0.25) is 0 Å². The van der Waals surface area contributed by atoms with E-state index in [1.807, 2.05) is 37.6 Å². The molecular formula is C12H20N2. The first kappa shape index (κ1) is 12.7. The van der Waals surface area contributed by atoms with Crippen LogP contribution in [0.1, 0.15) is 13.3 Å². The molecule has 0 spiro atoms. The Morgan fingerprint density at radius 2 is 2.00 bits per heavy atom. The second-order valence-electron chi connectivity index (χ2n) is 2.85. The van der Waals surface area contributed by atoms with Crippen molar-refractivity contribution in [1.82, 2.24) is 10.6 Å². The maximum atomic E-state index is 3.72. The number of hydrogen-bond donors (Lipinski definition) is 2. The van der Waals surface area contributed by atoms with Crippen molar-refractivity contribution < 1.29 is 0 Å². The number of rotatable bonds is 8. The summed E-state index contributed by atoms with van der Waals surface area (Å²) in [6.45, 7) is 10.2. The van der Waals surface area contributed by atoms with E-state index in [1.165, 1.54) is 0 Å². The van der Waals surface area contributed by atoms with Gasteiger partial charge < -0.3 is 10.6 Å². The molecule has 0 aliphatic rings. The Morgan fingerprint density at radius 1 is 1.21 bits per heavy atom. The molecule has 0 fully saturated rings. The van der Waals surface area contributed by atoms with E-state index in [1.54, 1.807) is 0 Å². The lowest BCUT2D eigenvalue weighted by Gasteiger charge is -2.10. The van der Waals surface area contributed by atoms with Crippen molar-refractivity contribution in [1.29, 1.82) is 0 Å². The first-order valence-corrected chi connectivity index (χ1v) is 4.84. The summed E-state index contributed by atoms with van der Waals surface area (Å²) >= 11 is 0. The lowest BCUT2D eigenvalue weighted by molar-refractivity contribution is 0.640. The minimum atomic E-state index is 0.322. The molecule has 0 saturated heterocycles. The maximum absolute atomic E-state index is 3.72. The van der Waals surface area contributed by atoms with Crippen LogP contribution in [0, 0.1) is 0 Å². The molecular weight excluding hydrogens is 172 g/mol.